The van der Waals surface area contributed by atoms with Gasteiger partial charge in [0, 0.05) is 11.7 Å². The molecule has 0 saturated carbocycles. The van der Waals surface area contributed by atoms with E-state index in [4.69, 9.17) is 0 Å². The lowest BCUT2D eigenvalue weighted by atomic mass is 10.1. The van der Waals surface area contributed by atoms with Crippen molar-refractivity contribution in [2.75, 3.05) is 0 Å². The van der Waals surface area contributed by atoms with Crippen LogP contribution in [0.5, 0.6) is 0 Å². The van der Waals surface area contributed by atoms with Crippen molar-refractivity contribution in [2.45, 2.75) is 39.0 Å². The number of hydrogen-bond acceptors (Lipinski definition) is 5. The lowest BCUT2D eigenvalue weighted by molar-refractivity contribution is -0.137. The molecule has 0 fully saturated rings. The number of alkyl halides is 3. The highest BCUT2D eigenvalue weighted by molar-refractivity contribution is 7.13. The van der Waals surface area contributed by atoms with Crippen molar-refractivity contribution in [3.8, 4) is 5.13 Å². The summed E-state index contributed by atoms with van der Waals surface area (Å²) in [6, 6.07) is 0. The van der Waals surface area contributed by atoms with Gasteiger partial charge in [-0.2, -0.15) is 18.3 Å². The molecule has 20 heavy (non-hydrogen) atoms. The monoisotopic (exact) mass is 305 g/mol. The minimum absolute atomic E-state index is 0.0685. The molecule has 0 radical (unpaired) electrons. The maximum Gasteiger partial charge on any atom is 0.419 e. The van der Waals surface area contributed by atoms with Crippen molar-refractivity contribution in [2.24, 2.45) is 0 Å². The summed E-state index contributed by atoms with van der Waals surface area (Å²) in [6.45, 7) is 6.54. The molecule has 0 saturated heterocycles. The lowest BCUT2D eigenvalue weighted by Crippen LogP contribution is -2.35. The van der Waals surface area contributed by atoms with E-state index in [9.17, 15) is 13.2 Å². The third-order valence-corrected chi connectivity index (χ3v) is 3.24. The van der Waals surface area contributed by atoms with Gasteiger partial charge in [0.15, 0.2) is 0 Å². The molecule has 110 valence electrons. The Hall–Kier alpha value is -1.48. The molecule has 0 spiro atoms. The zero-order chi connectivity index (χ0) is 15.0. The SMILES string of the molecule is CC(C)(C)NCc1nnc(-n2cc(C(F)(F)F)cn2)s1. The first kappa shape index (κ1) is 14.9. The number of nitrogens with one attached hydrogen (secondary N) is 1. The van der Waals surface area contributed by atoms with Crippen LogP contribution in [0.15, 0.2) is 12.4 Å². The third-order valence-electron chi connectivity index (χ3n) is 2.33. The second-order valence-electron chi connectivity index (χ2n) is 5.25. The van der Waals surface area contributed by atoms with E-state index in [1.807, 2.05) is 20.8 Å². The normalized spacial score (nSPS) is 12.9. The van der Waals surface area contributed by atoms with E-state index in [2.05, 4.69) is 20.6 Å². The Balaban J connectivity index is 2.11. The van der Waals surface area contributed by atoms with Crippen LogP contribution in [0.1, 0.15) is 31.3 Å². The maximum atomic E-state index is 12.5. The van der Waals surface area contributed by atoms with Crippen LogP contribution in [0.2, 0.25) is 0 Å². The molecular weight excluding hydrogens is 291 g/mol. The minimum atomic E-state index is -4.40. The molecule has 0 unspecified atom stereocenters. The van der Waals surface area contributed by atoms with E-state index >= 15 is 0 Å². The zero-order valence-electron chi connectivity index (χ0n) is 11.2. The topological polar surface area (TPSA) is 55.6 Å². The fraction of sp³-hybridized carbons (Fsp3) is 0.545. The summed E-state index contributed by atoms with van der Waals surface area (Å²) in [7, 11) is 0. The summed E-state index contributed by atoms with van der Waals surface area (Å²) in [5.41, 5.74) is -0.872. The van der Waals surface area contributed by atoms with E-state index in [1.165, 1.54) is 11.3 Å². The molecule has 0 aliphatic rings. The van der Waals surface area contributed by atoms with Crippen LogP contribution < -0.4 is 5.32 Å². The van der Waals surface area contributed by atoms with Crippen molar-refractivity contribution >= 4 is 11.3 Å². The Morgan fingerprint density at radius 3 is 2.50 bits per heavy atom. The number of aromatic nitrogens is 4. The van der Waals surface area contributed by atoms with Gasteiger partial charge in [-0.25, -0.2) is 4.68 Å². The van der Waals surface area contributed by atoms with Crippen molar-refractivity contribution in [1.82, 2.24) is 25.3 Å². The Morgan fingerprint density at radius 1 is 1.25 bits per heavy atom. The van der Waals surface area contributed by atoms with Crippen LogP contribution in [-0.2, 0) is 12.7 Å². The maximum absolute atomic E-state index is 12.5. The average Bonchev–Trinajstić information content (AvgIpc) is 2.93. The van der Waals surface area contributed by atoms with Crippen LogP contribution in [0.25, 0.3) is 5.13 Å². The molecule has 5 nitrogen and oxygen atoms in total. The number of hydrogen-bond donors (Lipinski definition) is 1. The molecule has 2 rings (SSSR count). The first-order valence-electron chi connectivity index (χ1n) is 5.85. The number of halogens is 3. The molecule has 0 bridgehead atoms. The van der Waals surface area contributed by atoms with Crippen LogP contribution in [0.3, 0.4) is 0 Å². The molecule has 0 atom stereocenters. The highest BCUT2D eigenvalue weighted by atomic mass is 32.1. The van der Waals surface area contributed by atoms with Gasteiger partial charge in [0.2, 0.25) is 5.13 Å². The van der Waals surface area contributed by atoms with Crippen LogP contribution in [-0.4, -0.2) is 25.5 Å². The van der Waals surface area contributed by atoms with Gasteiger partial charge in [-0.15, -0.1) is 10.2 Å². The summed E-state index contributed by atoms with van der Waals surface area (Å²) in [6.07, 6.45) is -2.73. The Kier molecular flexibility index (Phi) is 3.83. The molecule has 0 aliphatic heterocycles. The largest absolute Gasteiger partial charge is 0.419 e. The van der Waals surface area contributed by atoms with Crippen molar-refractivity contribution in [3.05, 3.63) is 23.0 Å². The summed E-state index contributed by atoms with van der Waals surface area (Å²) in [5.74, 6) is 0. The molecule has 9 heteroatoms. The number of rotatable bonds is 3. The Labute approximate surface area is 117 Å². The quantitative estimate of drug-likeness (QED) is 0.947. The Morgan fingerprint density at radius 2 is 1.95 bits per heavy atom. The molecule has 2 aromatic rings. The smallest absolute Gasteiger partial charge is 0.306 e. The number of nitrogens with zero attached hydrogens (tertiary/aromatic N) is 4. The van der Waals surface area contributed by atoms with E-state index in [0.29, 0.717) is 16.7 Å². The molecule has 1 N–H and O–H groups in total. The summed E-state index contributed by atoms with van der Waals surface area (Å²) in [4.78, 5) is 0. The van der Waals surface area contributed by atoms with Crippen LogP contribution in [0.4, 0.5) is 13.2 Å². The molecule has 0 amide bonds. The summed E-state index contributed by atoms with van der Waals surface area (Å²) < 4.78 is 38.5. The molecule has 2 aromatic heterocycles. The van der Waals surface area contributed by atoms with Crippen molar-refractivity contribution in [3.63, 3.8) is 0 Å². The average molecular weight is 305 g/mol. The van der Waals surface area contributed by atoms with Gasteiger partial charge < -0.3 is 5.32 Å². The minimum Gasteiger partial charge on any atom is -0.306 e. The van der Waals surface area contributed by atoms with Gasteiger partial charge in [0.25, 0.3) is 0 Å². The molecule has 2 heterocycles. The van der Waals surface area contributed by atoms with E-state index in [-0.39, 0.29) is 5.54 Å². The van der Waals surface area contributed by atoms with E-state index < -0.39 is 11.7 Å². The van der Waals surface area contributed by atoms with Gasteiger partial charge in [-0.3, -0.25) is 0 Å². The first-order valence-corrected chi connectivity index (χ1v) is 6.66. The second kappa shape index (κ2) is 5.13. The third kappa shape index (κ3) is 3.76. The van der Waals surface area contributed by atoms with Gasteiger partial charge in [-0.1, -0.05) is 11.3 Å². The van der Waals surface area contributed by atoms with Crippen LogP contribution >= 0.6 is 11.3 Å². The van der Waals surface area contributed by atoms with E-state index in [0.717, 1.165) is 17.1 Å². The predicted molar refractivity (Wildman–Crippen MR) is 68.6 cm³/mol. The van der Waals surface area contributed by atoms with Gasteiger partial charge in [0.1, 0.15) is 5.01 Å². The molecule has 0 aliphatic carbocycles. The first-order chi connectivity index (χ1) is 9.15. The fourth-order valence-electron chi connectivity index (χ4n) is 1.32. The van der Waals surface area contributed by atoms with Gasteiger partial charge in [0.05, 0.1) is 18.3 Å². The summed E-state index contributed by atoms with van der Waals surface area (Å²) >= 11 is 1.20. The van der Waals surface area contributed by atoms with Crippen molar-refractivity contribution < 1.29 is 13.2 Å². The predicted octanol–water partition coefficient (Wildman–Crippen LogP) is 2.63. The van der Waals surface area contributed by atoms with Crippen LogP contribution in [0, 0.1) is 0 Å². The van der Waals surface area contributed by atoms with Crippen molar-refractivity contribution in [1.29, 1.82) is 0 Å². The standard InChI is InChI=1S/C11H14F3N5S/c1-10(2,3)15-5-8-17-18-9(20-8)19-6-7(4-16-19)11(12,13)14/h4,6,15H,5H2,1-3H3. The highest BCUT2D eigenvalue weighted by Crippen LogP contribution is 2.29. The molecule has 0 aromatic carbocycles. The lowest BCUT2D eigenvalue weighted by Gasteiger charge is -2.19. The zero-order valence-corrected chi connectivity index (χ0v) is 12.0. The van der Waals surface area contributed by atoms with Gasteiger partial charge >= 0.3 is 6.18 Å². The van der Waals surface area contributed by atoms with Gasteiger partial charge in [-0.05, 0) is 20.8 Å². The fourth-order valence-corrected chi connectivity index (χ4v) is 2.04. The highest BCUT2D eigenvalue weighted by Gasteiger charge is 2.32. The van der Waals surface area contributed by atoms with E-state index in [1.54, 1.807) is 0 Å². The second-order valence-corrected chi connectivity index (χ2v) is 6.29. The molecular formula is C11H14F3N5S. The Bertz CT molecular complexity index is 581. The summed E-state index contributed by atoms with van der Waals surface area (Å²) in [5, 5.41) is 15.7.